The molecule has 0 saturated heterocycles. The van der Waals surface area contributed by atoms with Crippen LogP contribution >= 0.6 is 0 Å². The second kappa shape index (κ2) is 11.4. The van der Waals surface area contributed by atoms with Crippen LogP contribution in [-0.2, 0) is 6.61 Å². The van der Waals surface area contributed by atoms with Crippen LogP contribution in [0.1, 0.15) is 15.9 Å². The van der Waals surface area contributed by atoms with Crippen molar-refractivity contribution in [3.8, 4) is 22.3 Å². The lowest BCUT2D eigenvalue weighted by Crippen LogP contribution is -1.94. The molecule has 0 amide bonds. The van der Waals surface area contributed by atoms with Gasteiger partial charge in [-0.15, -0.1) is 0 Å². The highest BCUT2D eigenvalue weighted by Gasteiger charge is 2.14. The van der Waals surface area contributed by atoms with Crippen LogP contribution in [0, 0.1) is 23.3 Å². The first-order valence-corrected chi connectivity index (χ1v) is 12.1. The van der Waals surface area contributed by atoms with E-state index in [0.29, 0.717) is 50.7 Å². The number of carbonyl (C=O) groups is 1. The molecule has 0 aliphatic carbocycles. The van der Waals surface area contributed by atoms with Crippen molar-refractivity contribution in [2.75, 3.05) is 0 Å². The molecule has 0 radical (unpaired) electrons. The van der Waals surface area contributed by atoms with Crippen molar-refractivity contribution in [2.45, 2.75) is 6.61 Å². The Balaban J connectivity index is 0.000000161. The van der Waals surface area contributed by atoms with Gasteiger partial charge in [0, 0.05) is 52.0 Å². The maximum absolute atomic E-state index is 13.4. The summed E-state index contributed by atoms with van der Waals surface area (Å²) < 4.78 is 53.7. The maximum Gasteiger partial charge on any atom is 0.150 e. The molecule has 6 rings (SSSR count). The summed E-state index contributed by atoms with van der Waals surface area (Å²) in [6, 6.07) is 20.7. The fourth-order valence-electron chi connectivity index (χ4n) is 4.60. The van der Waals surface area contributed by atoms with Crippen molar-refractivity contribution >= 4 is 28.1 Å². The highest BCUT2D eigenvalue weighted by Crippen LogP contribution is 2.33. The van der Waals surface area contributed by atoms with Crippen molar-refractivity contribution in [3.05, 3.63) is 132 Å². The topological polar surface area (TPSA) is 63.1 Å². The molecule has 2 heterocycles. The van der Waals surface area contributed by atoms with Gasteiger partial charge in [0.25, 0.3) is 0 Å². The SMILES string of the molecule is O=Cc1ccc2cccnc2c1-c1cc(F)cc(F)c1.OCc1ccc2cccnc2c1-c1cc(F)cc(F)c1. The smallest absolute Gasteiger partial charge is 0.150 e. The molecule has 0 aliphatic rings. The Kier molecular flexibility index (Phi) is 7.61. The zero-order valence-corrected chi connectivity index (χ0v) is 20.8. The molecule has 0 aliphatic heterocycles. The highest BCUT2D eigenvalue weighted by molar-refractivity contribution is 6.02. The molecule has 6 aromatic rings. The lowest BCUT2D eigenvalue weighted by Gasteiger charge is -2.11. The molecule has 0 unspecified atom stereocenters. The third kappa shape index (κ3) is 5.43. The molecule has 0 saturated carbocycles. The number of aldehydes is 1. The summed E-state index contributed by atoms with van der Waals surface area (Å²) in [5.41, 5.74) is 3.76. The predicted molar refractivity (Wildman–Crippen MR) is 146 cm³/mol. The van der Waals surface area contributed by atoms with Gasteiger partial charge in [0.05, 0.1) is 17.6 Å². The normalized spacial score (nSPS) is 10.8. The van der Waals surface area contributed by atoms with Gasteiger partial charge in [-0.1, -0.05) is 36.4 Å². The summed E-state index contributed by atoms with van der Waals surface area (Å²) >= 11 is 0. The Hall–Kier alpha value is -4.95. The van der Waals surface area contributed by atoms with Gasteiger partial charge in [-0.3, -0.25) is 14.8 Å². The molecule has 0 atom stereocenters. The predicted octanol–water partition coefficient (Wildman–Crippen LogP) is 7.66. The highest BCUT2D eigenvalue weighted by atomic mass is 19.1. The van der Waals surface area contributed by atoms with Crippen LogP contribution < -0.4 is 0 Å². The monoisotopic (exact) mass is 540 g/mol. The number of aliphatic hydroxyl groups excluding tert-OH is 1. The maximum atomic E-state index is 13.4. The van der Waals surface area contributed by atoms with Gasteiger partial charge in [0.15, 0.2) is 6.29 Å². The number of fused-ring (bicyclic) bond motifs is 2. The van der Waals surface area contributed by atoms with E-state index in [-0.39, 0.29) is 6.61 Å². The van der Waals surface area contributed by atoms with Crippen molar-refractivity contribution in [2.24, 2.45) is 0 Å². The van der Waals surface area contributed by atoms with Crippen molar-refractivity contribution in [1.82, 2.24) is 9.97 Å². The molecule has 8 heteroatoms. The summed E-state index contributed by atoms with van der Waals surface area (Å²) in [4.78, 5) is 19.7. The van der Waals surface area contributed by atoms with Crippen LogP contribution in [0.15, 0.2) is 97.3 Å². The molecule has 4 aromatic carbocycles. The van der Waals surface area contributed by atoms with Crippen LogP contribution in [0.25, 0.3) is 44.1 Å². The molecule has 40 heavy (non-hydrogen) atoms. The standard InChI is InChI=1S/C16H11F2NO.C16H9F2NO/c2*17-13-6-12(7-14(18)8-13)15-11(9-20)4-3-10-2-1-5-19-16(10)15/h1-8,20H,9H2;1-9H. The number of aliphatic hydroxyl groups is 1. The first kappa shape index (κ1) is 26.6. The van der Waals surface area contributed by atoms with E-state index in [1.54, 1.807) is 42.7 Å². The summed E-state index contributed by atoms with van der Waals surface area (Å²) in [7, 11) is 0. The molecule has 4 nitrogen and oxygen atoms in total. The number of halogens is 4. The number of hydrogen-bond acceptors (Lipinski definition) is 4. The van der Waals surface area contributed by atoms with Gasteiger partial charge < -0.3 is 5.11 Å². The third-order valence-electron chi connectivity index (χ3n) is 6.27. The molecule has 198 valence electrons. The van der Waals surface area contributed by atoms with E-state index >= 15 is 0 Å². The quantitative estimate of drug-likeness (QED) is 0.184. The van der Waals surface area contributed by atoms with E-state index in [1.807, 2.05) is 18.2 Å². The molecule has 1 N–H and O–H groups in total. The lowest BCUT2D eigenvalue weighted by molar-refractivity contribution is 0.112. The van der Waals surface area contributed by atoms with E-state index in [1.165, 1.54) is 24.3 Å². The number of aromatic nitrogens is 2. The number of carbonyl (C=O) groups excluding carboxylic acids is 1. The lowest BCUT2D eigenvalue weighted by atomic mass is 9.96. The zero-order valence-electron chi connectivity index (χ0n) is 20.8. The van der Waals surface area contributed by atoms with Gasteiger partial charge in [-0.25, -0.2) is 17.6 Å². The van der Waals surface area contributed by atoms with Crippen molar-refractivity contribution in [3.63, 3.8) is 0 Å². The van der Waals surface area contributed by atoms with E-state index in [2.05, 4.69) is 9.97 Å². The average Bonchev–Trinajstić information content (AvgIpc) is 2.95. The number of benzene rings is 4. The number of hydrogen-bond donors (Lipinski definition) is 1. The summed E-state index contributed by atoms with van der Waals surface area (Å²) in [6.45, 7) is -0.222. The first-order valence-electron chi connectivity index (χ1n) is 12.1. The Labute approximate surface area is 226 Å². The fourth-order valence-corrected chi connectivity index (χ4v) is 4.60. The van der Waals surface area contributed by atoms with Crippen LogP contribution in [-0.4, -0.2) is 21.4 Å². The Morgan fingerprint density at radius 1 is 0.625 bits per heavy atom. The second-order valence-corrected chi connectivity index (χ2v) is 8.87. The minimum Gasteiger partial charge on any atom is -0.392 e. The largest absolute Gasteiger partial charge is 0.392 e. The summed E-state index contributed by atoms with van der Waals surface area (Å²) in [6.07, 6.45) is 3.85. The molecule has 0 bridgehead atoms. The molecule has 0 spiro atoms. The van der Waals surface area contributed by atoms with Crippen LogP contribution in [0.3, 0.4) is 0 Å². The average molecular weight is 541 g/mol. The number of rotatable bonds is 4. The third-order valence-corrected chi connectivity index (χ3v) is 6.27. The Morgan fingerprint density at radius 3 is 1.60 bits per heavy atom. The molecule has 2 aromatic heterocycles. The van der Waals surface area contributed by atoms with Crippen LogP contribution in [0.5, 0.6) is 0 Å². The first-order chi connectivity index (χ1) is 19.4. The minimum absolute atomic E-state index is 0.222. The van der Waals surface area contributed by atoms with E-state index in [9.17, 15) is 27.5 Å². The van der Waals surface area contributed by atoms with E-state index in [4.69, 9.17) is 0 Å². The van der Waals surface area contributed by atoms with Gasteiger partial charge in [0.2, 0.25) is 0 Å². The zero-order chi connectivity index (χ0) is 28.2. The summed E-state index contributed by atoms with van der Waals surface area (Å²) in [5, 5.41) is 11.1. The Bertz CT molecular complexity index is 1830. The number of nitrogens with zero attached hydrogens (tertiary/aromatic N) is 2. The van der Waals surface area contributed by atoms with Gasteiger partial charge in [-0.05, 0) is 53.1 Å². The molecule has 0 fully saturated rings. The second-order valence-electron chi connectivity index (χ2n) is 8.87. The van der Waals surface area contributed by atoms with E-state index < -0.39 is 23.3 Å². The van der Waals surface area contributed by atoms with Crippen molar-refractivity contribution < 1.29 is 27.5 Å². The van der Waals surface area contributed by atoms with E-state index in [0.717, 1.165) is 22.9 Å². The molecular formula is C32H20F4N2O2. The summed E-state index contributed by atoms with van der Waals surface area (Å²) in [5.74, 6) is -2.69. The van der Waals surface area contributed by atoms with Gasteiger partial charge >= 0.3 is 0 Å². The Morgan fingerprint density at radius 2 is 1.10 bits per heavy atom. The fraction of sp³-hybridized carbons (Fsp3) is 0.0312. The number of pyridine rings is 2. The minimum atomic E-state index is -0.690. The van der Waals surface area contributed by atoms with Crippen molar-refractivity contribution in [1.29, 1.82) is 0 Å². The van der Waals surface area contributed by atoms with Gasteiger partial charge in [0.1, 0.15) is 23.3 Å². The van der Waals surface area contributed by atoms with Crippen LogP contribution in [0.4, 0.5) is 17.6 Å². The molecular weight excluding hydrogens is 520 g/mol. The van der Waals surface area contributed by atoms with Crippen LogP contribution in [0.2, 0.25) is 0 Å². The van der Waals surface area contributed by atoms with Gasteiger partial charge in [-0.2, -0.15) is 0 Å².